The summed E-state index contributed by atoms with van der Waals surface area (Å²) in [5.41, 5.74) is 3.80. The van der Waals surface area contributed by atoms with Crippen molar-refractivity contribution >= 4 is 35.0 Å². The molecule has 12 heteroatoms. The number of anilines is 1. The van der Waals surface area contributed by atoms with E-state index in [4.69, 9.17) is 9.68 Å². The van der Waals surface area contributed by atoms with Crippen molar-refractivity contribution in [2.24, 2.45) is 0 Å². The second-order valence-electron chi connectivity index (χ2n) is 10.6. The van der Waals surface area contributed by atoms with Gasteiger partial charge in [0.2, 0.25) is 0 Å². The van der Waals surface area contributed by atoms with Crippen molar-refractivity contribution in [1.82, 2.24) is 14.5 Å². The maximum absolute atomic E-state index is 13.9. The van der Waals surface area contributed by atoms with Crippen molar-refractivity contribution in [2.45, 2.75) is 13.1 Å². The molecule has 230 valence electrons. The minimum absolute atomic E-state index is 0.108. The van der Waals surface area contributed by atoms with E-state index >= 15 is 0 Å². The van der Waals surface area contributed by atoms with Crippen molar-refractivity contribution in [3.8, 4) is 17.4 Å². The number of nitro groups is 1. The van der Waals surface area contributed by atoms with E-state index in [1.54, 1.807) is 58.7 Å². The third-order valence-electron chi connectivity index (χ3n) is 7.70. The summed E-state index contributed by atoms with van der Waals surface area (Å²) in [7, 11) is 0. The number of furan rings is 1. The molecule has 2 aromatic heterocycles. The predicted octanol–water partition coefficient (Wildman–Crippen LogP) is 6.01. The second-order valence-corrected chi connectivity index (χ2v) is 11.9. The fourth-order valence-corrected chi connectivity index (χ4v) is 6.07. The fourth-order valence-electron chi connectivity index (χ4n) is 5.16. The maximum Gasteiger partial charge on any atom is 0.289 e. The number of aromatic nitrogens is 2. The molecule has 0 atom stereocenters. The predicted molar refractivity (Wildman–Crippen MR) is 173 cm³/mol. The summed E-state index contributed by atoms with van der Waals surface area (Å²) in [6, 6.07) is 25.6. The van der Waals surface area contributed by atoms with Gasteiger partial charge in [-0.15, -0.1) is 0 Å². The van der Waals surface area contributed by atoms with Gasteiger partial charge in [0, 0.05) is 66.3 Å². The first-order valence-corrected chi connectivity index (χ1v) is 15.7. The lowest BCUT2D eigenvalue weighted by atomic mass is 10.1. The van der Waals surface area contributed by atoms with Crippen LogP contribution in [0.2, 0.25) is 0 Å². The number of carbonyl (C=O) groups is 2. The number of benzene rings is 3. The quantitative estimate of drug-likeness (QED) is 0.142. The highest BCUT2D eigenvalue weighted by molar-refractivity contribution is 7.99. The van der Waals surface area contributed by atoms with Crippen LogP contribution in [-0.4, -0.2) is 55.8 Å². The van der Waals surface area contributed by atoms with Crippen molar-refractivity contribution < 1.29 is 18.9 Å². The van der Waals surface area contributed by atoms with E-state index in [0.717, 1.165) is 28.3 Å². The van der Waals surface area contributed by atoms with Crippen molar-refractivity contribution in [3.63, 3.8) is 0 Å². The normalized spacial score (nSPS) is 12.8. The number of nitrogens with zero attached hydrogens (tertiary/aromatic N) is 6. The Hall–Kier alpha value is -5.67. The van der Waals surface area contributed by atoms with Crippen LogP contribution in [0.15, 0.2) is 102 Å². The Morgan fingerprint density at radius 2 is 1.70 bits per heavy atom. The van der Waals surface area contributed by atoms with Gasteiger partial charge in [0.05, 0.1) is 35.1 Å². The number of carbonyl (C=O) groups excluding carboxylic acids is 2. The van der Waals surface area contributed by atoms with Crippen LogP contribution in [0, 0.1) is 21.4 Å². The SMILES string of the molecule is N#Cc1ccc(Cn2cncc2CN(C(=O)c2ccc([N+](=O)[O-])cc2)c2ccc(-c3ccc(C(=O)N4CCSCC4)o3)cc2)cc1. The van der Waals surface area contributed by atoms with Crippen LogP contribution < -0.4 is 4.90 Å². The smallest absolute Gasteiger partial charge is 0.289 e. The third kappa shape index (κ3) is 6.69. The van der Waals surface area contributed by atoms with Crippen molar-refractivity contribution in [2.75, 3.05) is 29.5 Å². The standard InChI is InChI=1S/C34H28N6O5S/c35-19-24-1-3-25(4-2-24)21-38-23-36-20-30(38)22-39(33(41)27-7-11-29(12-8-27)40(43)44)28-9-5-26(6-10-28)31-13-14-32(45-31)34(42)37-15-17-46-18-16-37/h1-14,20,23H,15-18,21-22H2. The average molecular weight is 633 g/mol. The Morgan fingerprint density at radius 1 is 0.978 bits per heavy atom. The first-order chi connectivity index (χ1) is 22.4. The van der Waals surface area contributed by atoms with Gasteiger partial charge in [-0.05, 0) is 66.2 Å². The Kier molecular flexibility index (Phi) is 8.94. The summed E-state index contributed by atoms with van der Waals surface area (Å²) in [6.45, 7) is 2.03. The summed E-state index contributed by atoms with van der Waals surface area (Å²) >= 11 is 1.83. The lowest BCUT2D eigenvalue weighted by molar-refractivity contribution is -0.384. The highest BCUT2D eigenvalue weighted by Gasteiger charge is 2.23. The highest BCUT2D eigenvalue weighted by atomic mass is 32.2. The van der Waals surface area contributed by atoms with Crippen LogP contribution in [0.4, 0.5) is 11.4 Å². The molecule has 46 heavy (non-hydrogen) atoms. The Labute approximate surface area is 268 Å². The highest BCUT2D eigenvalue weighted by Crippen LogP contribution is 2.28. The number of imidazole rings is 1. The first kappa shape index (κ1) is 30.4. The van der Waals surface area contributed by atoms with E-state index in [1.807, 2.05) is 40.6 Å². The lowest BCUT2D eigenvalue weighted by Crippen LogP contribution is -2.37. The van der Waals surface area contributed by atoms with Gasteiger partial charge in [0.1, 0.15) is 5.76 Å². The molecule has 0 spiro atoms. The number of hydrogen-bond acceptors (Lipinski definition) is 8. The maximum atomic E-state index is 13.9. The molecule has 0 saturated carbocycles. The number of amides is 2. The number of non-ortho nitro benzene ring substituents is 1. The van der Waals surface area contributed by atoms with E-state index < -0.39 is 4.92 Å². The van der Waals surface area contributed by atoms with Crippen LogP contribution in [-0.2, 0) is 13.1 Å². The molecule has 2 amide bonds. The zero-order valence-corrected chi connectivity index (χ0v) is 25.4. The molecule has 0 N–H and O–H groups in total. The van der Waals surface area contributed by atoms with E-state index in [9.17, 15) is 19.7 Å². The number of thioether (sulfide) groups is 1. The number of nitro benzene ring substituents is 1. The molecule has 6 rings (SSSR count). The number of rotatable bonds is 9. The van der Waals surface area contributed by atoms with Crippen molar-refractivity contribution in [3.05, 3.63) is 136 Å². The summed E-state index contributed by atoms with van der Waals surface area (Å²) in [4.78, 5) is 45.2. The monoisotopic (exact) mass is 632 g/mol. The fraction of sp³-hybridized carbons (Fsp3) is 0.176. The molecule has 0 bridgehead atoms. The molecule has 1 aliphatic heterocycles. The molecule has 5 aromatic rings. The molecule has 1 aliphatic rings. The summed E-state index contributed by atoms with van der Waals surface area (Å²) < 4.78 is 7.87. The summed E-state index contributed by atoms with van der Waals surface area (Å²) in [5.74, 6) is 2.17. The topological polar surface area (TPSA) is 139 Å². The largest absolute Gasteiger partial charge is 0.451 e. The summed E-state index contributed by atoms with van der Waals surface area (Å²) in [6.07, 6.45) is 3.38. The lowest BCUT2D eigenvalue weighted by Gasteiger charge is -2.25. The minimum Gasteiger partial charge on any atom is -0.451 e. The van der Waals surface area contributed by atoms with Gasteiger partial charge in [0.25, 0.3) is 17.5 Å². The molecule has 11 nitrogen and oxygen atoms in total. The van der Waals surface area contributed by atoms with E-state index in [0.29, 0.717) is 36.6 Å². The minimum atomic E-state index is -0.508. The molecule has 0 unspecified atom stereocenters. The second kappa shape index (κ2) is 13.5. The Balaban J connectivity index is 1.27. The van der Waals surface area contributed by atoms with Gasteiger partial charge >= 0.3 is 0 Å². The molecule has 3 heterocycles. The van der Waals surface area contributed by atoms with E-state index in [1.165, 1.54) is 24.3 Å². The number of hydrogen-bond donors (Lipinski definition) is 0. The molecule has 0 radical (unpaired) electrons. The zero-order chi connectivity index (χ0) is 32.0. The Morgan fingerprint density at radius 3 is 2.37 bits per heavy atom. The van der Waals surface area contributed by atoms with Crippen LogP contribution >= 0.6 is 11.8 Å². The molecule has 1 fully saturated rings. The molecule has 3 aromatic carbocycles. The van der Waals surface area contributed by atoms with Gasteiger partial charge in [-0.25, -0.2) is 4.98 Å². The van der Waals surface area contributed by atoms with Crippen LogP contribution in [0.5, 0.6) is 0 Å². The van der Waals surface area contributed by atoms with Gasteiger partial charge in [-0.3, -0.25) is 19.7 Å². The average Bonchev–Trinajstić information content (AvgIpc) is 3.77. The first-order valence-electron chi connectivity index (χ1n) is 14.5. The van der Waals surface area contributed by atoms with Crippen molar-refractivity contribution in [1.29, 1.82) is 5.26 Å². The summed E-state index contributed by atoms with van der Waals surface area (Å²) in [5, 5.41) is 20.3. The van der Waals surface area contributed by atoms with Gasteiger partial charge in [0.15, 0.2) is 5.76 Å². The third-order valence-corrected chi connectivity index (χ3v) is 8.65. The van der Waals surface area contributed by atoms with Crippen LogP contribution in [0.1, 0.15) is 37.7 Å². The molecule has 0 aliphatic carbocycles. The van der Waals surface area contributed by atoms with Crippen LogP contribution in [0.25, 0.3) is 11.3 Å². The van der Waals surface area contributed by atoms with Crippen LogP contribution in [0.3, 0.4) is 0 Å². The van der Waals surface area contributed by atoms with Gasteiger partial charge < -0.3 is 18.8 Å². The molecular formula is C34H28N6O5S. The number of nitriles is 1. The Bertz CT molecular complexity index is 1900. The molecule has 1 saturated heterocycles. The molecular weight excluding hydrogens is 604 g/mol. The zero-order valence-electron chi connectivity index (χ0n) is 24.6. The van der Waals surface area contributed by atoms with E-state index in [-0.39, 0.29) is 35.4 Å². The van der Waals surface area contributed by atoms with Gasteiger partial charge in [-0.2, -0.15) is 17.0 Å². The van der Waals surface area contributed by atoms with Gasteiger partial charge in [-0.1, -0.05) is 12.1 Å². The van der Waals surface area contributed by atoms with E-state index in [2.05, 4.69) is 11.1 Å².